The smallest absolute Gasteiger partial charge is 0.269 e. The summed E-state index contributed by atoms with van der Waals surface area (Å²) in [6.45, 7) is 0.785. The summed E-state index contributed by atoms with van der Waals surface area (Å²) in [5, 5.41) is 22.6. The van der Waals surface area contributed by atoms with Crippen molar-refractivity contribution in [3.63, 3.8) is 0 Å². The fourth-order valence-electron chi connectivity index (χ4n) is 4.52. The largest absolute Gasteiger partial charge is 0.354 e. The molecule has 2 aromatic heterocycles. The highest BCUT2D eigenvalue weighted by Crippen LogP contribution is 2.37. The Morgan fingerprint density at radius 2 is 2.10 bits per heavy atom. The van der Waals surface area contributed by atoms with Crippen LogP contribution in [0, 0.1) is 23.2 Å². The molecule has 8 nitrogen and oxygen atoms in total. The third-order valence-electron chi connectivity index (χ3n) is 5.97. The van der Waals surface area contributed by atoms with Crippen molar-refractivity contribution in [2.24, 2.45) is 5.92 Å². The molecule has 1 aliphatic carbocycles. The number of hydrogen-bond acceptors (Lipinski definition) is 6. The first kappa shape index (κ1) is 19.1. The Bertz CT molecular complexity index is 1150. The number of benzene rings is 1. The first-order valence-electron chi connectivity index (χ1n) is 10.1. The van der Waals surface area contributed by atoms with Gasteiger partial charge in [0.2, 0.25) is 0 Å². The molecule has 156 valence electrons. The lowest BCUT2D eigenvalue weighted by Gasteiger charge is -2.29. The van der Waals surface area contributed by atoms with Crippen LogP contribution in [0.25, 0.3) is 11.3 Å². The van der Waals surface area contributed by atoms with E-state index in [1.54, 1.807) is 41.6 Å². The van der Waals surface area contributed by atoms with Gasteiger partial charge in [0, 0.05) is 24.0 Å². The second-order valence-corrected chi connectivity index (χ2v) is 7.96. The number of aromatic nitrogens is 3. The van der Waals surface area contributed by atoms with E-state index in [0.717, 1.165) is 24.9 Å². The SMILES string of the molecule is N#CN1CC2CC(NC(=O)c3cc(-c4ccncc4Nc4ccc(F)cc4)n[nH]3)C1C2. The standard InChI is InChI=1S/C22H20FN7O/c23-14-1-3-15(4-2-14)26-20-10-25-6-5-16(20)17-9-19(29-28-17)22(31)27-18-7-13-8-21(18)30(11-13)12-24/h1-6,9-10,13,18,21,26H,7-8,11H2,(H,27,31)(H,28,29). The number of carbonyl (C=O) groups excluding carboxylic acids is 1. The molecule has 1 saturated heterocycles. The molecule has 0 radical (unpaired) electrons. The van der Waals surface area contributed by atoms with Gasteiger partial charge in [0.15, 0.2) is 6.19 Å². The van der Waals surface area contributed by atoms with Gasteiger partial charge < -0.3 is 15.5 Å². The molecule has 2 bridgehead atoms. The van der Waals surface area contributed by atoms with E-state index in [1.165, 1.54) is 12.1 Å². The maximum absolute atomic E-state index is 13.2. The topological polar surface area (TPSA) is 110 Å². The lowest BCUT2D eigenvalue weighted by molar-refractivity contribution is 0.0907. The van der Waals surface area contributed by atoms with E-state index in [1.807, 2.05) is 0 Å². The zero-order valence-electron chi connectivity index (χ0n) is 16.5. The van der Waals surface area contributed by atoms with E-state index in [4.69, 9.17) is 0 Å². The third-order valence-corrected chi connectivity index (χ3v) is 5.97. The highest BCUT2D eigenvalue weighted by Gasteiger charge is 2.45. The van der Waals surface area contributed by atoms with Crippen LogP contribution in [0.2, 0.25) is 0 Å². The summed E-state index contributed by atoms with van der Waals surface area (Å²) in [4.78, 5) is 18.7. The van der Waals surface area contributed by atoms with Crippen LogP contribution < -0.4 is 10.6 Å². The second kappa shape index (κ2) is 7.72. The Hall–Kier alpha value is -3.93. The average Bonchev–Trinajstić information content (AvgIpc) is 3.51. The average molecular weight is 417 g/mol. The highest BCUT2D eigenvalue weighted by atomic mass is 19.1. The Morgan fingerprint density at radius 3 is 2.87 bits per heavy atom. The molecule has 3 heterocycles. The molecule has 1 aliphatic heterocycles. The van der Waals surface area contributed by atoms with Gasteiger partial charge in [-0.05, 0) is 55.2 Å². The first-order chi connectivity index (χ1) is 15.1. The maximum atomic E-state index is 13.2. The minimum atomic E-state index is -0.312. The Kier molecular flexibility index (Phi) is 4.75. The van der Waals surface area contributed by atoms with Crippen LogP contribution in [0.5, 0.6) is 0 Å². The van der Waals surface area contributed by atoms with Crippen LogP contribution in [0.3, 0.4) is 0 Å². The highest BCUT2D eigenvalue weighted by molar-refractivity contribution is 5.94. The predicted octanol–water partition coefficient (Wildman–Crippen LogP) is 3.03. The number of amides is 1. The summed E-state index contributed by atoms with van der Waals surface area (Å²) in [6, 6.07) is 9.55. The van der Waals surface area contributed by atoms with Crippen molar-refractivity contribution in [2.75, 3.05) is 11.9 Å². The van der Waals surface area contributed by atoms with Crippen molar-refractivity contribution < 1.29 is 9.18 Å². The molecule has 3 atom stereocenters. The molecular weight excluding hydrogens is 397 g/mol. The zero-order chi connectivity index (χ0) is 21.4. The molecule has 3 N–H and O–H groups in total. The molecule has 31 heavy (non-hydrogen) atoms. The zero-order valence-corrected chi connectivity index (χ0v) is 16.5. The minimum absolute atomic E-state index is 0.0331. The van der Waals surface area contributed by atoms with Gasteiger partial charge in [0.25, 0.3) is 5.91 Å². The van der Waals surface area contributed by atoms with Gasteiger partial charge in [0.1, 0.15) is 11.5 Å². The Morgan fingerprint density at radius 1 is 1.26 bits per heavy atom. The molecule has 3 aromatic rings. The number of nitrogens with zero attached hydrogens (tertiary/aromatic N) is 4. The Labute approximate surface area is 178 Å². The second-order valence-electron chi connectivity index (χ2n) is 7.96. The van der Waals surface area contributed by atoms with E-state index >= 15 is 0 Å². The van der Waals surface area contributed by atoms with Gasteiger partial charge in [0.05, 0.1) is 29.7 Å². The van der Waals surface area contributed by atoms with E-state index in [-0.39, 0.29) is 23.8 Å². The van der Waals surface area contributed by atoms with E-state index in [9.17, 15) is 14.4 Å². The summed E-state index contributed by atoms with van der Waals surface area (Å²) in [5.74, 6) is -0.0891. The quantitative estimate of drug-likeness (QED) is 0.551. The fourth-order valence-corrected chi connectivity index (χ4v) is 4.52. The number of halogens is 1. The summed E-state index contributed by atoms with van der Waals surface area (Å²) in [5.41, 5.74) is 3.09. The normalized spacial score (nSPS) is 21.7. The van der Waals surface area contributed by atoms with Crippen molar-refractivity contribution >= 4 is 17.3 Å². The monoisotopic (exact) mass is 417 g/mol. The van der Waals surface area contributed by atoms with Gasteiger partial charge in [-0.25, -0.2) is 4.39 Å². The number of rotatable bonds is 5. The van der Waals surface area contributed by atoms with Crippen molar-refractivity contribution in [1.29, 1.82) is 5.26 Å². The molecule has 5 rings (SSSR count). The minimum Gasteiger partial charge on any atom is -0.354 e. The van der Waals surface area contributed by atoms with Crippen LogP contribution >= 0.6 is 0 Å². The number of likely N-dealkylation sites (tertiary alicyclic amines) is 1. The van der Waals surface area contributed by atoms with Crippen LogP contribution in [0.15, 0.2) is 48.8 Å². The van der Waals surface area contributed by atoms with Crippen molar-refractivity contribution in [1.82, 2.24) is 25.4 Å². The molecule has 0 spiro atoms. The summed E-state index contributed by atoms with van der Waals surface area (Å²) >= 11 is 0. The van der Waals surface area contributed by atoms with E-state index < -0.39 is 0 Å². The number of carbonyl (C=O) groups is 1. The van der Waals surface area contributed by atoms with Crippen LogP contribution in [0.1, 0.15) is 23.3 Å². The number of anilines is 2. The van der Waals surface area contributed by atoms with E-state index in [2.05, 4.69) is 32.0 Å². The maximum Gasteiger partial charge on any atom is 0.269 e. The number of H-pyrrole nitrogens is 1. The van der Waals surface area contributed by atoms with Gasteiger partial charge in [-0.3, -0.25) is 14.9 Å². The summed E-state index contributed by atoms with van der Waals surface area (Å²) in [7, 11) is 0. The number of fused-ring (bicyclic) bond motifs is 2. The molecule has 1 aromatic carbocycles. The number of pyridine rings is 1. The third kappa shape index (κ3) is 3.68. The molecule has 9 heteroatoms. The van der Waals surface area contributed by atoms with Gasteiger partial charge in [-0.15, -0.1) is 0 Å². The molecule has 2 fully saturated rings. The number of aromatic amines is 1. The fraction of sp³-hybridized carbons (Fsp3) is 0.273. The van der Waals surface area contributed by atoms with Crippen molar-refractivity contribution in [3.8, 4) is 17.5 Å². The molecule has 1 saturated carbocycles. The lowest BCUT2D eigenvalue weighted by atomic mass is 10.1. The molecular formula is C22H20FN7O. The van der Waals surface area contributed by atoms with E-state index in [0.29, 0.717) is 28.7 Å². The van der Waals surface area contributed by atoms with Gasteiger partial charge in [-0.1, -0.05) is 0 Å². The van der Waals surface area contributed by atoms with Gasteiger partial charge in [-0.2, -0.15) is 10.4 Å². The predicted molar refractivity (Wildman–Crippen MR) is 112 cm³/mol. The lowest BCUT2D eigenvalue weighted by Crippen LogP contribution is -2.48. The number of piperidine rings is 1. The number of hydrogen-bond donors (Lipinski definition) is 3. The number of nitrogens with one attached hydrogen (secondary N) is 3. The summed E-state index contributed by atoms with van der Waals surface area (Å²) < 4.78 is 13.2. The van der Waals surface area contributed by atoms with Crippen LogP contribution in [-0.2, 0) is 0 Å². The van der Waals surface area contributed by atoms with Crippen molar-refractivity contribution in [3.05, 3.63) is 60.3 Å². The number of nitriles is 1. The molecule has 2 aliphatic rings. The van der Waals surface area contributed by atoms with Crippen molar-refractivity contribution in [2.45, 2.75) is 24.9 Å². The Balaban J connectivity index is 1.32. The van der Waals surface area contributed by atoms with Gasteiger partial charge >= 0.3 is 0 Å². The van der Waals surface area contributed by atoms with Crippen LogP contribution in [-0.4, -0.2) is 44.6 Å². The molecule has 1 amide bonds. The summed E-state index contributed by atoms with van der Waals surface area (Å²) in [6.07, 6.45) is 7.36. The molecule has 3 unspecified atom stereocenters. The van der Waals surface area contributed by atoms with Crippen LogP contribution in [0.4, 0.5) is 15.8 Å². The first-order valence-corrected chi connectivity index (χ1v) is 10.1.